The quantitative estimate of drug-likeness (QED) is 0.911. The highest BCUT2D eigenvalue weighted by Gasteiger charge is 2.10. The summed E-state index contributed by atoms with van der Waals surface area (Å²) in [6, 6.07) is 8.00. The van der Waals surface area contributed by atoms with Gasteiger partial charge in [-0.25, -0.2) is 4.98 Å². The van der Waals surface area contributed by atoms with Crippen molar-refractivity contribution in [2.45, 2.75) is 19.8 Å². The summed E-state index contributed by atoms with van der Waals surface area (Å²) in [5.41, 5.74) is 2.97. The number of aryl methyl sites for hydroxylation is 2. The third-order valence-corrected chi connectivity index (χ3v) is 3.26. The number of nitrogens with zero attached hydrogens (tertiary/aromatic N) is 1. The SMILES string of the molecule is Cc1cccc(-c2nc(Br)c(CCC(=O)O)[nH]2)c1. The minimum atomic E-state index is -0.811. The molecule has 0 saturated heterocycles. The Bertz CT molecular complexity index is 578. The molecule has 0 bridgehead atoms. The van der Waals surface area contributed by atoms with Gasteiger partial charge in [0.1, 0.15) is 10.4 Å². The lowest BCUT2D eigenvalue weighted by atomic mass is 10.1. The molecule has 2 aromatic rings. The van der Waals surface area contributed by atoms with Crippen LogP contribution < -0.4 is 0 Å². The largest absolute Gasteiger partial charge is 0.481 e. The molecule has 94 valence electrons. The van der Waals surface area contributed by atoms with Crippen molar-refractivity contribution in [3.8, 4) is 11.4 Å². The number of H-pyrrole nitrogens is 1. The first kappa shape index (κ1) is 12.8. The number of carboxylic acids is 1. The highest BCUT2D eigenvalue weighted by atomic mass is 79.9. The molecule has 1 heterocycles. The third-order valence-electron chi connectivity index (χ3n) is 2.61. The van der Waals surface area contributed by atoms with Crippen LogP contribution in [0.15, 0.2) is 28.9 Å². The Morgan fingerprint density at radius 3 is 2.94 bits per heavy atom. The molecule has 1 aromatic heterocycles. The van der Waals surface area contributed by atoms with E-state index < -0.39 is 5.97 Å². The highest BCUT2D eigenvalue weighted by molar-refractivity contribution is 9.10. The molecule has 0 amide bonds. The fourth-order valence-corrected chi connectivity index (χ4v) is 2.19. The van der Waals surface area contributed by atoms with E-state index >= 15 is 0 Å². The Labute approximate surface area is 113 Å². The number of rotatable bonds is 4. The zero-order valence-electron chi connectivity index (χ0n) is 9.90. The summed E-state index contributed by atoms with van der Waals surface area (Å²) in [6.45, 7) is 2.02. The number of halogens is 1. The molecule has 0 aliphatic carbocycles. The van der Waals surface area contributed by atoms with Crippen LogP contribution in [0.4, 0.5) is 0 Å². The summed E-state index contributed by atoms with van der Waals surface area (Å²) in [7, 11) is 0. The van der Waals surface area contributed by atoms with Gasteiger partial charge in [0, 0.05) is 12.0 Å². The number of benzene rings is 1. The van der Waals surface area contributed by atoms with Crippen LogP contribution in [-0.2, 0) is 11.2 Å². The third kappa shape index (κ3) is 2.98. The normalized spacial score (nSPS) is 10.6. The van der Waals surface area contributed by atoms with Crippen molar-refractivity contribution >= 4 is 21.9 Å². The van der Waals surface area contributed by atoms with Crippen LogP contribution in [0.5, 0.6) is 0 Å². The van der Waals surface area contributed by atoms with E-state index in [9.17, 15) is 4.79 Å². The van der Waals surface area contributed by atoms with E-state index in [2.05, 4.69) is 25.9 Å². The predicted octanol–water partition coefficient (Wildman–Crippen LogP) is 3.16. The fraction of sp³-hybridized carbons (Fsp3) is 0.231. The molecule has 0 aliphatic heterocycles. The van der Waals surface area contributed by atoms with E-state index in [1.54, 1.807) is 0 Å². The first-order valence-electron chi connectivity index (χ1n) is 5.59. The molecule has 0 radical (unpaired) electrons. The summed E-state index contributed by atoms with van der Waals surface area (Å²) >= 11 is 3.35. The molecule has 0 saturated carbocycles. The van der Waals surface area contributed by atoms with Gasteiger partial charge in [-0.1, -0.05) is 23.8 Å². The lowest BCUT2D eigenvalue weighted by molar-refractivity contribution is -0.136. The Balaban J connectivity index is 2.25. The predicted molar refractivity (Wildman–Crippen MR) is 72.4 cm³/mol. The molecular formula is C13H13BrN2O2. The standard InChI is InChI=1S/C13H13BrN2O2/c1-8-3-2-4-9(7-8)13-15-10(12(14)16-13)5-6-11(17)18/h2-4,7H,5-6H2,1H3,(H,15,16)(H,17,18). The first-order chi connectivity index (χ1) is 8.56. The maximum Gasteiger partial charge on any atom is 0.303 e. The minimum absolute atomic E-state index is 0.0913. The Morgan fingerprint density at radius 2 is 2.28 bits per heavy atom. The van der Waals surface area contributed by atoms with Crippen LogP contribution in [0.25, 0.3) is 11.4 Å². The second-order valence-corrected chi connectivity index (χ2v) is 4.87. The number of carbonyl (C=O) groups is 1. The molecule has 2 N–H and O–H groups in total. The smallest absolute Gasteiger partial charge is 0.303 e. The van der Waals surface area contributed by atoms with E-state index in [1.807, 2.05) is 31.2 Å². The number of aromatic amines is 1. The molecule has 18 heavy (non-hydrogen) atoms. The van der Waals surface area contributed by atoms with Crippen molar-refractivity contribution in [3.63, 3.8) is 0 Å². The average molecular weight is 309 g/mol. The van der Waals surface area contributed by atoms with Gasteiger partial charge >= 0.3 is 5.97 Å². The number of carboxylic acid groups (broad SMARTS) is 1. The first-order valence-corrected chi connectivity index (χ1v) is 6.39. The van der Waals surface area contributed by atoms with Crippen LogP contribution in [0.2, 0.25) is 0 Å². The van der Waals surface area contributed by atoms with Gasteiger partial charge in [-0.2, -0.15) is 0 Å². The number of hydrogen-bond acceptors (Lipinski definition) is 2. The molecule has 0 fully saturated rings. The number of aliphatic carboxylic acids is 1. The van der Waals surface area contributed by atoms with Gasteiger partial charge in [0.15, 0.2) is 0 Å². The van der Waals surface area contributed by atoms with E-state index in [0.29, 0.717) is 11.0 Å². The van der Waals surface area contributed by atoms with E-state index in [0.717, 1.165) is 22.6 Å². The van der Waals surface area contributed by atoms with E-state index in [-0.39, 0.29) is 6.42 Å². The average Bonchev–Trinajstić information content (AvgIpc) is 2.68. The molecule has 2 rings (SSSR count). The minimum Gasteiger partial charge on any atom is -0.481 e. The number of nitrogens with one attached hydrogen (secondary N) is 1. The molecule has 1 aromatic carbocycles. The van der Waals surface area contributed by atoms with Gasteiger partial charge in [0.05, 0.1) is 12.1 Å². The van der Waals surface area contributed by atoms with Crippen LogP contribution in [0.1, 0.15) is 17.7 Å². The monoisotopic (exact) mass is 308 g/mol. The zero-order chi connectivity index (χ0) is 13.1. The van der Waals surface area contributed by atoms with Crippen LogP contribution in [-0.4, -0.2) is 21.0 Å². The van der Waals surface area contributed by atoms with Gasteiger partial charge in [0.25, 0.3) is 0 Å². The second kappa shape index (κ2) is 5.35. The van der Waals surface area contributed by atoms with Crippen molar-refractivity contribution in [2.24, 2.45) is 0 Å². The second-order valence-electron chi connectivity index (χ2n) is 4.12. The van der Waals surface area contributed by atoms with Crippen molar-refractivity contribution < 1.29 is 9.90 Å². The van der Waals surface area contributed by atoms with Gasteiger partial charge < -0.3 is 10.1 Å². The number of hydrogen-bond donors (Lipinski definition) is 2. The summed E-state index contributed by atoms with van der Waals surface area (Å²) in [4.78, 5) is 18.1. The van der Waals surface area contributed by atoms with Crippen LogP contribution in [0, 0.1) is 6.92 Å². The fourth-order valence-electron chi connectivity index (χ4n) is 1.71. The van der Waals surface area contributed by atoms with E-state index in [1.165, 1.54) is 0 Å². The molecule has 4 nitrogen and oxygen atoms in total. The topological polar surface area (TPSA) is 66.0 Å². The molecule has 0 atom stereocenters. The Kier molecular flexibility index (Phi) is 3.81. The number of imidazole rings is 1. The molecule has 0 aliphatic rings. The van der Waals surface area contributed by atoms with Crippen molar-refractivity contribution in [2.75, 3.05) is 0 Å². The molecule has 5 heteroatoms. The molecular weight excluding hydrogens is 296 g/mol. The Hall–Kier alpha value is -1.62. The van der Waals surface area contributed by atoms with Gasteiger partial charge in [-0.3, -0.25) is 4.79 Å². The van der Waals surface area contributed by atoms with Gasteiger partial charge in [-0.15, -0.1) is 0 Å². The lowest BCUT2D eigenvalue weighted by Crippen LogP contribution is -1.98. The maximum absolute atomic E-state index is 10.6. The van der Waals surface area contributed by atoms with Gasteiger partial charge in [0.2, 0.25) is 0 Å². The van der Waals surface area contributed by atoms with Crippen LogP contribution in [0.3, 0.4) is 0 Å². The number of aromatic nitrogens is 2. The summed E-state index contributed by atoms with van der Waals surface area (Å²) < 4.78 is 0.681. The van der Waals surface area contributed by atoms with Crippen molar-refractivity contribution in [3.05, 3.63) is 40.1 Å². The summed E-state index contributed by atoms with van der Waals surface area (Å²) in [5, 5.41) is 8.68. The van der Waals surface area contributed by atoms with Crippen molar-refractivity contribution in [1.82, 2.24) is 9.97 Å². The zero-order valence-corrected chi connectivity index (χ0v) is 11.5. The van der Waals surface area contributed by atoms with E-state index in [4.69, 9.17) is 5.11 Å². The maximum atomic E-state index is 10.6. The molecule has 0 unspecified atom stereocenters. The summed E-state index contributed by atoms with van der Waals surface area (Å²) in [6.07, 6.45) is 0.531. The Morgan fingerprint density at radius 1 is 1.50 bits per heavy atom. The van der Waals surface area contributed by atoms with Gasteiger partial charge in [-0.05, 0) is 28.9 Å². The lowest BCUT2D eigenvalue weighted by Gasteiger charge is -1.98. The highest BCUT2D eigenvalue weighted by Crippen LogP contribution is 2.23. The van der Waals surface area contributed by atoms with Crippen molar-refractivity contribution in [1.29, 1.82) is 0 Å². The van der Waals surface area contributed by atoms with Crippen LogP contribution >= 0.6 is 15.9 Å². The summed E-state index contributed by atoms with van der Waals surface area (Å²) in [5.74, 6) is -0.0560. The molecule has 0 spiro atoms.